The lowest BCUT2D eigenvalue weighted by Gasteiger charge is -2.33. The maximum absolute atomic E-state index is 12.8. The summed E-state index contributed by atoms with van der Waals surface area (Å²) in [5, 5.41) is 3.11. The van der Waals surface area contributed by atoms with E-state index >= 15 is 0 Å². The molecule has 3 aromatic carbocycles. The highest BCUT2D eigenvalue weighted by molar-refractivity contribution is 7.92. The van der Waals surface area contributed by atoms with Gasteiger partial charge >= 0.3 is 0 Å². The predicted octanol–water partition coefficient (Wildman–Crippen LogP) is 3.31. The predicted molar refractivity (Wildman–Crippen MR) is 130 cm³/mol. The number of benzene rings is 3. The molecule has 0 radical (unpaired) electrons. The zero-order chi connectivity index (χ0) is 24.5. The Labute approximate surface area is 202 Å². The maximum Gasteiger partial charge on any atom is 0.267 e. The number of nitrogens with zero attached hydrogens (tertiary/aromatic N) is 1. The molecule has 0 aromatic heterocycles. The number of sulfonamides is 2. The monoisotopic (exact) mass is 521 g/mol. The molecule has 9 nitrogen and oxygen atoms in total. The molecule has 12 heteroatoms. The van der Waals surface area contributed by atoms with Crippen molar-refractivity contribution < 1.29 is 26.4 Å². The van der Waals surface area contributed by atoms with E-state index in [9.17, 15) is 21.6 Å². The van der Waals surface area contributed by atoms with Crippen molar-refractivity contribution in [1.82, 2.24) is 0 Å². The zero-order valence-corrected chi connectivity index (χ0v) is 20.2. The van der Waals surface area contributed by atoms with Crippen molar-refractivity contribution in [3.63, 3.8) is 0 Å². The van der Waals surface area contributed by atoms with E-state index in [4.69, 9.17) is 16.3 Å². The summed E-state index contributed by atoms with van der Waals surface area (Å²) in [5.41, 5.74) is 1.03. The van der Waals surface area contributed by atoms with E-state index in [1.165, 1.54) is 36.4 Å². The van der Waals surface area contributed by atoms with E-state index in [1.807, 2.05) is 0 Å². The Morgan fingerprint density at radius 3 is 2.21 bits per heavy atom. The fourth-order valence-corrected chi connectivity index (χ4v) is 5.42. The van der Waals surface area contributed by atoms with Crippen LogP contribution in [0.1, 0.15) is 0 Å². The fourth-order valence-electron chi connectivity index (χ4n) is 3.33. The molecule has 1 aliphatic rings. The van der Waals surface area contributed by atoms with Gasteiger partial charge < -0.3 is 10.1 Å². The molecule has 0 saturated carbocycles. The molecule has 1 amide bonds. The van der Waals surface area contributed by atoms with Gasteiger partial charge in [-0.2, -0.15) is 0 Å². The molecule has 0 bridgehead atoms. The van der Waals surface area contributed by atoms with E-state index in [1.54, 1.807) is 36.4 Å². The largest absolute Gasteiger partial charge is 0.476 e. The van der Waals surface area contributed by atoms with E-state index in [0.717, 1.165) is 10.6 Å². The molecule has 178 valence electrons. The van der Waals surface area contributed by atoms with E-state index in [-0.39, 0.29) is 17.2 Å². The van der Waals surface area contributed by atoms with Gasteiger partial charge in [0, 0.05) is 16.4 Å². The number of para-hydroxylation sites is 2. The normalized spacial score (nSPS) is 15.7. The number of ether oxygens (including phenoxy) is 1. The highest BCUT2D eigenvalue weighted by Gasteiger charge is 2.34. The van der Waals surface area contributed by atoms with Crippen LogP contribution in [0.25, 0.3) is 0 Å². The highest BCUT2D eigenvalue weighted by Crippen LogP contribution is 2.34. The summed E-state index contributed by atoms with van der Waals surface area (Å²) < 4.78 is 58.9. The van der Waals surface area contributed by atoms with Gasteiger partial charge in [0.15, 0.2) is 6.10 Å². The third-order valence-electron chi connectivity index (χ3n) is 4.96. The molecular formula is C22H20ClN3O6S2. The van der Waals surface area contributed by atoms with Crippen LogP contribution < -0.4 is 19.1 Å². The SMILES string of the molecule is CS(=O)(=O)N1CC(C(=O)Nc2ccc(S(=O)(=O)Nc3ccc(Cl)cc3)cc2)Oc2ccccc21. The molecule has 1 atom stereocenters. The number of carbonyl (C=O) groups excluding carboxylic acids is 1. The molecule has 1 unspecified atom stereocenters. The Morgan fingerprint density at radius 1 is 0.941 bits per heavy atom. The van der Waals surface area contributed by atoms with Crippen molar-refractivity contribution in [2.75, 3.05) is 27.1 Å². The minimum atomic E-state index is -3.85. The lowest BCUT2D eigenvalue weighted by atomic mass is 10.2. The van der Waals surface area contributed by atoms with Gasteiger partial charge in [-0.3, -0.25) is 13.8 Å². The van der Waals surface area contributed by atoms with E-state index in [2.05, 4.69) is 10.0 Å². The second-order valence-corrected chi connectivity index (χ2v) is 11.5. The minimum absolute atomic E-state index is 0.00783. The topological polar surface area (TPSA) is 122 Å². The second-order valence-electron chi connectivity index (χ2n) is 7.49. The lowest BCUT2D eigenvalue weighted by Crippen LogP contribution is -2.48. The Morgan fingerprint density at radius 2 is 1.56 bits per heavy atom. The van der Waals surface area contributed by atoms with Crippen LogP contribution >= 0.6 is 11.6 Å². The molecule has 2 N–H and O–H groups in total. The summed E-state index contributed by atoms with van der Waals surface area (Å²) in [6.07, 6.45) is -0.0407. The van der Waals surface area contributed by atoms with Crippen LogP contribution in [0, 0.1) is 0 Å². The van der Waals surface area contributed by atoms with Gasteiger partial charge in [0.25, 0.3) is 15.9 Å². The molecule has 1 heterocycles. The Bertz CT molecular complexity index is 1430. The zero-order valence-electron chi connectivity index (χ0n) is 17.8. The van der Waals surface area contributed by atoms with Crippen molar-refractivity contribution in [2.24, 2.45) is 0 Å². The Hall–Kier alpha value is -3.28. The van der Waals surface area contributed by atoms with Gasteiger partial charge in [-0.15, -0.1) is 0 Å². The Kier molecular flexibility index (Phi) is 6.43. The van der Waals surface area contributed by atoms with Crippen LogP contribution in [0.3, 0.4) is 0 Å². The lowest BCUT2D eigenvalue weighted by molar-refractivity contribution is -0.122. The summed E-state index contributed by atoms with van der Waals surface area (Å²) in [5.74, 6) is -0.299. The first-order valence-corrected chi connectivity index (χ1v) is 13.7. The van der Waals surface area contributed by atoms with Gasteiger partial charge in [-0.1, -0.05) is 23.7 Å². The van der Waals surface area contributed by atoms with Crippen LogP contribution in [-0.2, 0) is 24.8 Å². The van der Waals surface area contributed by atoms with Crippen molar-refractivity contribution in [3.05, 3.63) is 77.8 Å². The fraction of sp³-hybridized carbons (Fsp3) is 0.136. The first-order chi connectivity index (χ1) is 16.0. The van der Waals surface area contributed by atoms with E-state index in [0.29, 0.717) is 22.1 Å². The summed E-state index contributed by atoms with van der Waals surface area (Å²) in [6, 6.07) is 18.3. The first kappa shape index (κ1) is 23.9. The van der Waals surface area contributed by atoms with Crippen molar-refractivity contribution in [2.45, 2.75) is 11.0 Å². The summed E-state index contributed by atoms with van der Waals surface area (Å²) in [4.78, 5) is 12.8. The van der Waals surface area contributed by atoms with Crippen molar-refractivity contribution >= 4 is 54.6 Å². The Balaban J connectivity index is 1.47. The number of anilines is 3. The van der Waals surface area contributed by atoms with Gasteiger partial charge in [-0.05, 0) is 60.7 Å². The quantitative estimate of drug-likeness (QED) is 0.513. The average molecular weight is 522 g/mol. The number of rotatable bonds is 6. The number of amides is 1. The molecule has 0 spiro atoms. The summed E-state index contributed by atoms with van der Waals surface area (Å²) in [7, 11) is -7.49. The molecule has 0 fully saturated rings. The maximum atomic E-state index is 12.8. The number of nitrogens with one attached hydrogen (secondary N) is 2. The molecule has 34 heavy (non-hydrogen) atoms. The number of fused-ring (bicyclic) bond motifs is 1. The summed E-state index contributed by atoms with van der Waals surface area (Å²) >= 11 is 5.82. The van der Waals surface area contributed by atoms with E-state index < -0.39 is 32.1 Å². The molecular weight excluding hydrogens is 502 g/mol. The second kappa shape index (κ2) is 9.16. The number of hydrogen-bond donors (Lipinski definition) is 2. The minimum Gasteiger partial charge on any atom is -0.476 e. The standard InChI is InChI=1S/C22H20ClN3O6S2/c1-33(28,29)26-14-21(32-20-5-3-2-4-19(20)26)22(27)24-16-10-12-18(13-11-16)34(30,31)25-17-8-6-15(23)7-9-17/h2-13,21,25H,14H2,1H3,(H,24,27). The average Bonchev–Trinajstić information content (AvgIpc) is 2.79. The van der Waals surface area contributed by atoms with Crippen LogP contribution in [0.5, 0.6) is 5.75 Å². The molecule has 1 aliphatic heterocycles. The molecule has 3 aromatic rings. The molecule has 4 rings (SSSR count). The number of carbonyl (C=O) groups is 1. The van der Waals surface area contributed by atoms with Crippen LogP contribution in [0.4, 0.5) is 17.1 Å². The van der Waals surface area contributed by atoms with Gasteiger partial charge in [0.1, 0.15) is 5.75 Å². The first-order valence-electron chi connectivity index (χ1n) is 9.96. The highest BCUT2D eigenvalue weighted by atomic mass is 35.5. The van der Waals surface area contributed by atoms with Crippen molar-refractivity contribution in [1.29, 1.82) is 0 Å². The van der Waals surface area contributed by atoms with Gasteiger partial charge in [0.2, 0.25) is 10.0 Å². The van der Waals surface area contributed by atoms with Crippen LogP contribution in [-0.4, -0.2) is 41.6 Å². The van der Waals surface area contributed by atoms with Crippen LogP contribution in [0.2, 0.25) is 5.02 Å². The van der Waals surface area contributed by atoms with Gasteiger partial charge in [-0.25, -0.2) is 16.8 Å². The molecule has 0 saturated heterocycles. The third kappa shape index (κ3) is 5.27. The van der Waals surface area contributed by atoms with Crippen LogP contribution in [0.15, 0.2) is 77.7 Å². The third-order valence-corrected chi connectivity index (χ3v) is 7.75. The smallest absolute Gasteiger partial charge is 0.267 e. The number of hydrogen-bond acceptors (Lipinski definition) is 6. The summed E-state index contributed by atoms with van der Waals surface area (Å²) in [6.45, 7) is -0.195. The van der Waals surface area contributed by atoms with Gasteiger partial charge in [0.05, 0.1) is 23.4 Å². The van der Waals surface area contributed by atoms with Crippen molar-refractivity contribution in [3.8, 4) is 5.75 Å². The number of halogens is 1. The molecule has 0 aliphatic carbocycles.